The minimum atomic E-state index is -0.137. The van der Waals surface area contributed by atoms with Crippen molar-refractivity contribution >= 4 is 23.4 Å². The second-order valence-corrected chi connectivity index (χ2v) is 6.63. The fourth-order valence-electron chi connectivity index (χ4n) is 3.18. The van der Waals surface area contributed by atoms with Gasteiger partial charge in [-0.2, -0.15) is 0 Å². The fraction of sp³-hybridized carbons (Fsp3) is 0.286. The first-order valence-electron chi connectivity index (χ1n) is 8.96. The van der Waals surface area contributed by atoms with Crippen LogP contribution in [0.1, 0.15) is 39.1 Å². The Morgan fingerprint density at radius 3 is 2.22 bits per heavy atom. The van der Waals surface area contributed by atoms with Gasteiger partial charge >= 0.3 is 0 Å². The maximum atomic E-state index is 12.6. The van der Waals surface area contributed by atoms with E-state index >= 15 is 0 Å². The van der Waals surface area contributed by atoms with Crippen LogP contribution in [-0.2, 0) is 11.3 Å². The highest BCUT2D eigenvalue weighted by Crippen LogP contribution is 2.22. The van der Waals surface area contributed by atoms with E-state index in [0.717, 1.165) is 24.2 Å². The zero-order chi connectivity index (χ0) is 19.4. The van der Waals surface area contributed by atoms with Crippen LogP contribution >= 0.6 is 0 Å². The van der Waals surface area contributed by atoms with Crippen molar-refractivity contribution in [2.24, 2.45) is 0 Å². The number of rotatable bonds is 5. The van der Waals surface area contributed by atoms with E-state index in [1.807, 2.05) is 24.3 Å². The highest BCUT2D eigenvalue weighted by Gasteiger charge is 2.22. The molecule has 1 saturated heterocycles. The van der Waals surface area contributed by atoms with Crippen LogP contribution in [0.4, 0.5) is 5.69 Å². The Morgan fingerprint density at radius 1 is 1.04 bits per heavy atom. The Bertz CT molecular complexity index is 844. The number of carbonyl (C=O) groups is 3. The van der Waals surface area contributed by atoms with Gasteiger partial charge in [0.15, 0.2) is 0 Å². The van der Waals surface area contributed by atoms with Gasteiger partial charge in [0, 0.05) is 50.4 Å². The van der Waals surface area contributed by atoms with Gasteiger partial charge in [-0.25, -0.2) is 0 Å². The molecule has 1 aliphatic rings. The van der Waals surface area contributed by atoms with Gasteiger partial charge in [0.05, 0.1) is 0 Å². The molecule has 3 amide bonds. The Morgan fingerprint density at radius 2 is 1.67 bits per heavy atom. The summed E-state index contributed by atoms with van der Waals surface area (Å²) in [5.41, 5.74) is 2.94. The van der Waals surface area contributed by atoms with Gasteiger partial charge in [-0.3, -0.25) is 14.4 Å². The molecule has 0 bridgehead atoms. The molecule has 1 heterocycles. The van der Waals surface area contributed by atoms with E-state index in [1.54, 1.807) is 48.2 Å². The molecular weight excluding hydrogens is 342 g/mol. The lowest BCUT2D eigenvalue weighted by Gasteiger charge is -2.19. The van der Waals surface area contributed by atoms with Gasteiger partial charge in [-0.1, -0.05) is 12.1 Å². The number of hydrogen-bond donors (Lipinski definition) is 1. The van der Waals surface area contributed by atoms with Gasteiger partial charge in [-0.05, 0) is 48.4 Å². The first-order valence-corrected chi connectivity index (χ1v) is 8.96. The van der Waals surface area contributed by atoms with E-state index in [0.29, 0.717) is 24.1 Å². The number of anilines is 1. The highest BCUT2D eigenvalue weighted by atomic mass is 16.2. The zero-order valence-corrected chi connectivity index (χ0v) is 15.6. The fourth-order valence-corrected chi connectivity index (χ4v) is 3.18. The Balaban J connectivity index is 1.64. The molecule has 6 heteroatoms. The molecule has 0 aliphatic carbocycles. The van der Waals surface area contributed by atoms with Crippen molar-refractivity contribution in [1.29, 1.82) is 0 Å². The van der Waals surface area contributed by atoms with E-state index in [9.17, 15) is 14.4 Å². The van der Waals surface area contributed by atoms with Crippen LogP contribution in [0.3, 0.4) is 0 Å². The maximum absolute atomic E-state index is 12.6. The summed E-state index contributed by atoms with van der Waals surface area (Å²) in [6, 6.07) is 14.3. The maximum Gasteiger partial charge on any atom is 0.253 e. The Kier molecular flexibility index (Phi) is 5.54. The van der Waals surface area contributed by atoms with Crippen LogP contribution in [0, 0.1) is 0 Å². The number of nitrogens with zero attached hydrogens (tertiary/aromatic N) is 2. The van der Waals surface area contributed by atoms with E-state index in [4.69, 9.17) is 0 Å². The standard InChI is InChI=1S/C21H23N3O3/c1-22-20(26)16-7-5-15(6-8-16)14-23(2)21(27)17-9-11-18(12-10-17)24-13-3-4-19(24)25/h5-12H,3-4,13-14H2,1-2H3,(H,22,26). The summed E-state index contributed by atoms with van der Waals surface area (Å²) in [6.45, 7) is 1.18. The normalized spacial score (nSPS) is 13.6. The first-order chi connectivity index (χ1) is 13.0. The molecule has 2 aromatic carbocycles. The minimum Gasteiger partial charge on any atom is -0.355 e. The summed E-state index contributed by atoms with van der Waals surface area (Å²) in [5, 5.41) is 2.58. The van der Waals surface area contributed by atoms with Crippen LogP contribution in [0.25, 0.3) is 0 Å². The van der Waals surface area contributed by atoms with E-state index < -0.39 is 0 Å². The van der Waals surface area contributed by atoms with Crippen molar-refractivity contribution in [1.82, 2.24) is 10.2 Å². The number of carbonyl (C=O) groups excluding carboxylic acids is 3. The van der Waals surface area contributed by atoms with E-state index in [2.05, 4.69) is 5.32 Å². The smallest absolute Gasteiger partial charge is 0.253 e. The van der Waals surface area contributed by atoms with Crippen molar-refractivity contribution in [3.8, 4) is 0 Å². The lowest BCUT2D eigenvalue weighted by molar-refractivity contribution is -0.117. The number of amides is 3. The molecular formula is C21H23N3O3. The van der Waals surface area contributed by atoms with Gasteiger partial charge in [0.25, 0.3) is 11.8 Å². The molecule has 1 N–H and O–H groups in total. The largest absolute Gasteiger partial charge is 0.355 e. The lowest BCUT2D eigenvalue weighted by atomic mass is 10.1. The van der Waals surface area contributed by atoms with Crippen molar-refractivity contribution in [3.63, 3.8) is 0 Å². The summed E-state index contributed by atoms with van der Waals surface area (Å²) >= 11 is 0. The second-order valence-electron chi connectivity index (χ2n) is 6.63. The van der Waals surface area contributed by atoms with Crippen molar-refractivity contribution in [2.75, 3.05) is 25.5 Å². The summed E-state index contributed by atoms with van der Waals surface area (Å²) in [7, 11) is 3.33. The first kappa shape index (κ1) is 18.6. The van der Waals surface area contributed by atoms with Crippen LogP contribution in [-0.4, -0.2) is 43.3 Å². The van der Waals surface area contributed by atoms with Crippen LogP contribution < -0.4 is 10.2 Å². The minimum absolute atomic E-state index is 0.0929. The quantitative estimate of drug-likeness (QED) is 0.885. The number of nitrogens with one attached hydrogen (secondary N) is 1. The van der Waals surface area contributed by atoms with Gasteiger partial charge in [0.2, 0.25) is 5.91 Å². The third kappa shape index (κ3) is 4.16. The average Bonchev–Trinajstić information content (AvgIpc) is 3.13. The zero-order valence-electron chi connectivity index (χ0n) is 15.6. The summed E-state index contributed by atoms with van der Waals surface area (Å²) in [5.74, 6) is -0.0985. The SMILES string of the molecule is CNC(=O)c1ccc(CN(C)C(=O)c2ccc(N3CCCC3=O)cc2)cc1. The third-order valence-electron chi connectivity index (χ3n) is 4.71. The van der Waals surface area contributed by atoms with Crippen LogP contribution in [0.15, 0.2) is 48.5 Å². The molecule has 0 spiro atoms. The second kappa shape index (κ2) is 8.03. The molecule has 2 aromatic rings. The van der Waals surface area contributed by atoms with Crippen molar-refractivity contribution in [2.45, 2.75) is 19.4 Å². The number of hydrogen-bond acceptors (Lipinski definition) is 3. The van der Waals surface area contributed by atoms with E-state index in [-0.39, 0.29) is 17.7 Å². The molecule has 3 rings (SSSR count). The molecule has 6 nitrogen and oxygen atoms in total. The molecule has 0 saturated carbocycles. The van der Waals surface area contributed by atoms with Crippen LogP contribution in [0.5, 0.6) is 0 Å². The predicted molar refractivity (Wildman–Crippen MR) is 104 cm³/mol. The van der Waals surface area contributed by atoms with E-state index in [1.165, 1.54) is 0 Å². The summed E-state index contributed by atoms with van der Waals surface area (Å²) in [6.07, 6.45) is 1.46. The molecule has 27 heavy (non-hydrogen) atoms. The topological polar surface area (TPSA) is 69.7 Å². The lowest BCUT2D eigenvalue weighted by Crippen LogP contribution is -2.27. The summed E-state index contributed by atoms with van der Waals surface area (Å²) in [4.78, 5) is 39.4. The van der Waals surface area contributed by atoms with Gasteiger partial charge in [0.1, 0.15) is 0 Å². The molecule has 0 aromatic heterocycles. The molecule has 0 radical (unpaired) electrons. The molecule has 1 aliphatic heterocycles. The molecule has 0 unspecified atom stereocenters. The monoisotopic (exact) mass is 365 g/mol. The Labute approximate surface area is 158 Å². The van der Waals surface area contributed by atoms with Gasteiger partial charge < -0.3 is 15.1 Å². The summed E-state index contributed by atoms with van der Waals surface area (Å²) < 4.78 is 0. The number of benzene rings is 2. The molecule has 0 atom stereocenters. The van der Waals surface area contributed by atoms with Crippen LogP contribution in [0.2, 0.25) is 0 Å². The average molecular weight is 365 g/mol. The molecule has 140 valence electrons. The van der Waals surface area contributed by atoms with Crippen molar-refractivity contribution < 1.29 is 14.4 Å². The highest BCUT2D eigenvalue weighted by molar-refractivity contribution is 5.97. The Hall–Kier alpha value is -3.15. The van der Waals surface area contributed by atoms with Gasteiger partial charge in [-0.15, -0.1) is 0 Å². The third-order valence-corrected chi connectivity index (χ3v) is 4.71. The predicted octanol–water partition coefficient (Wildman–Crippen LogP) is 2.45. The molecule has 1 fully saturated rings. The van der Waals surface area contributed by atoms with Crippen molar-refractivity contribution in [3.05, 3.63) is 65.2 Å².